The fraction of sp³-hybridized carbons (Fsp3) is 0.778. The maximum absolute atomic E-state index is 11.7. The minimum Gasteiger partial charge on any atom is -0.481 e. The first kappa shape index (κ1) is 34.2. The zero-order valence-electron chi connectivity index (χ0n) is 22.0. The largest absolute Gasteiger partial charge is 0.481 e. The van der Waals surface area contributed by atoms with Gasteiger partial charge in [-0.3, -0.25) is 28.8 Å². The minimum atomic E-state index is -0.803. The third-order valence-corrected chi connectivity index (χ3v) is 5.76. The van der Waals surface area contributed by atoms with Crippen LogP contribution in [0.4, 0.5) is 0 Å². The van der Waals surface area contributed by atoms with E-state index < -0.39 is 35.8 Å². The molecule has 0 aromatic carbocycles. The maximum atomic E-state index is 11.7. The van der Waals surface area contributed by atoms with Gasteiger partial charge in [-0.25, -0.2) is 0 Å². The van der Waals surface area contributed by atoms with Gasteiger partial charge in [0.25, 0.3) is 0 Å². The summed E-state index contributed by atoms with van der Waals surface area (Å²) in [7, 11) is 0. The highest BCUT2D eigenvalue weighted by molar-refractivity contribution is 5.85. The van der Waals surface area contributed by atoms with Crippen LogP contribution in [0.15, 0.2) is 0 Å². The number of carbonyl (C=O) groups is 6. The van der Waals surface area contributed by atoms with E-state index in [9.17, 15) is 28.8 Å². The zero-order valence-corrected chi connectivity index (χ0v) is 22.0. The van der Waals surface area contributed by atoms with Crippen LogP contribution in [0.25, 0.3) is 0 Å². The molecule has 0 bridgehead atoms. The van der Waals surface area contributed by atoms with Crippen molar-refractivity contribution in [3.05, 3.63) is 0 Å². The molecule has 0 rings (SSSR count). The number of rotatable bonds is 24. The van der Waals surface area contributed by atoms with E-state index in [0.29, 0.717) is 38.5 Å². The molecule has 0 radical (unpaired) electrons. The molecule has 0 saturated carbocycles. The summed E-state index contributed by atoms with van der Waals surface area (Å²) in [5, 5.41) is 17.1. The van der Waals surface area contributed by atoms with Crippen molar-refractivity contribution >= 4 is 35.8 Å². The van der Waals surface area contributed by atoms with Crippen LogP contribution in [0.3, 0.4) is 0 Å². The Labute approximate surface area is 219 Å². The lowest BCUT2D eigenvalue weighted by molar-refractivity contribution is -0.161. The molecule has 2 N–H and O–H groups in total. The van der Waals surface area contributed by atoms with Crippen LogP contribution in [-0.4, -0.2) is 46.0 Å². The van der Waals surface area contributed by atoms with Gasteiger partial charge in [0.15, 0.2) is 0 Å². The SMILES string of the molecule is O=C(O)CCCCCCCC(=O)OC(=O)CCCCCCCC(=O)OC(=O)CCCCCCCC(=O)O. The summed E-state index contributed by atoms with van der Waals surface area (Å²) >= 11 is 0. The van der Waals surface area contributed by atoms with Crippen LogP contribution in [0, 0.1) is 0 Å². The molecule has 0 atom stereocenters. The van der Waals surface area contributed by atoms with Gasteiger partial charge in [-0.05, 0) is 38.5 Å². The van der Waals surface area contributed by atoms with E-state index in [1.165, 1.54) is 0 Å². The molecule has 0 unspecified atom stereocenters. The Balaban J connectivity index is 3.54. The van der Waals surface area contributed by atoms with Gasteiger partial charge in [0.1, 0.15) is 0 Å². The normalized spacial score (nSPS) is 10.6. The Kier molecular flexibility index (Phi) is 21.8. The smallest absolute Gasteiger partial charge is 0.313 e. The average Bonchev–Trinajstić information content (AvgIpc) is 2.81. The molecule has 0 aliphatic heterocycles. The summed E-state index contributed by atoms with van der Waals surface area (Å²) in [6.45, 7) is 0. The van der Waals surface area contributed by atoms with Crippen LogP contribution in [0.1, 0.15) is 135 Å². The number of carboxylic acids is 2. The molecule has 0 fully saturated rings. The lowest BCUT2D eigenvalue weighted by Crippen LogP contribution is -2.12. The first-order chi connectivity index (χ1) is 17.7. The Morgan fingerprint density at radius 1 is 0.324 bits per heavy atom. The zero-order chi connectivity index (χ0) is 27.7. The highest BCUT2D eigenvalue weighted by atomic mass is 16.6. The second kappa shape index (κ2) is 23.6. The number of hydrogen-bond donors (Lipinski definition) is 2. The predicted molar refractivity (Wildman–Crippen MR) is 134 cm³/mol. The average molecular weight is 529 g/mol. The van der Waals surface area contributed by atoms with Crippen molar-refractivity contribution < 1.29 is 48.5 Å². The molecule has 10 nitrogen and oxygen atoms in total. The summed E-state index contributed by atoms with van der Waals surface area (Å²) in [5.74, 6) is -3.73. The van der Waals surface area contributed by atoms with E-state index in [0.717, 1.165) is 57.8 Å². The Morgan fingerprint density at radius 2 is 0.514 bits per heavy atom. The number of ether oxygens (including phenoxy) is 2. The number of carbonyl (C=O) groups excluding carboxylic acids is 4. The van der Waals surface area contributed by atoms with Crippen molar-refractivity contribution in [1.29, 1.82) is 0 Å². The second-order valence-corrected chi connectivity index (χ2v) is 9.28. The molecule has 10 heteroatoms. The van der Waals surface area contributed by atoms with Crippen molar-refractivity contribution in [2.45, 2.75) is 135 Å². The number of aliphatic carboxylic acids is 2. The highest BCUT2D eigenvalue weighted by Gasteiger charge is 2.11. The number of esters is 4. The van der Waals surface area contributed by atoms with Gasteiger partial charge in [-0.15, -0.1) is 0 Å². The first-order valence-corrected chi connectivity index (χ1v) is 13.6. The topological polar surface area (TPSA) is 161 Å². The Morgan fingerprint density at radius 3 is 0.730 bits per heavy atom. The van der Waals surface area contributed by atoms with Crippen LogP contribution in [0.2, 0.25) is 0 Å². The number of hydrogen-bond acceptors (Lipinski definition) is 8. The molecule has 0 aromatic rings. The molecule has 0 aliphatic carbocycles. The van der Waals surface area contributed by atoms with E-state index in [1.807, 2.05) is 0 Å². The van der Waals surface area contributed by atoms with E-state index >= 15 is 0 Å². The van der Waals surface area contributed by atoms with Crippen LogP contribution in [-0.2, 0) is 38.2 Å². The van der Waals surface area contributed by atoms with Gasteiger partial charge in [0.2, 0.25) is 0 Å². The third kappa shape index (κ3) is 26.1. The van der Waals surface area contributed by atoms with E-state index in [1.54, 1.807) is 0 Å². The fourth-order valence-electron chi connectivity index (χ4n) is 3.68. The van der Waals surface area contributed by atoms with E-state index in [2.05, 4.69) is 0 Å². The molecule has 0 aromatic heterocycles. The van der Waals surface area contributed by atoms with Crippen molar-refractivity contribution in [3.63, 3.8) is 0 Å². The van der Waals surface area contributed by atoms with Gasteiger partial charge < -0.3 is 19.7 Å². The van der Waals surface area contributed by atoms with Crippen LogP contribution in [0.5, 0.6) is 0 Å². The Hall–Kier alpha value is -2.78. The van der Waals surface area contributed by atoms with Crippen molar-refractivity contribution in [2.24, 2.45) is 0 Å². The maximum Gasteiger partial charge on any atom is 0.313 e. The Bertz CT molecular complexity index is 643. The van der Waals surface area contributed by atoms with E-state index in [4.69, 9.17) is 19.7 Å². The van der Waals surface area contributed by atoms with Crippen LogP contribution < -0.4 is 0 Å². The monoisotopic (exact) mass is 528 g/mol. The summed E-state index contributed by atoms with van der Waals surface area (Å²) in [5.41, 5.74) is 0. The summed E-state index contributed by atoms with van der Waals surface area (Å²) in [6.07, 6.45) is 11.9. The standard InChI is InChI=1S/C27H44O10/c28-22(29)16-10-4-1-6-12-18-24(32)36-26(34)20-14-8-3-9-15-21-27(35)37-25(33)19-13-7-2-5-11-17-23(30)31/h1-21H2,(H,28,29)(H,30,31). The summed E-state index contributed by atoms with van der Waals surface area (Å²) < 4.78 is 9.59. The van der Waals surface area contributed by atoms with Gasteiger partial charge in [-0.2, -0.15) is 0 Å². The second-order valence-electron chi connectivity index (χ2n) is 9.28. The van der Waals surface area contributed by atoms with Crippen molar-refractivity contribution in [2.75, 3.05) is 0 Å². The quantitative estimate of drug-likeness (QED) is 0.0931. The minimum absolute atomic E-state index is 0.159. The number of carboxylic acid groups (broad SMARTS) is 2. The lowest BCUT2D eigenvalue weighted by atomic mass is 10.1. The first-order valence-electron chi connectivity index (χ1n) is 13.6. The molecule has 212 valence electrons. The summed E-state index contributed by atoms with van der Waals surface area (Å²) in [6, 6.07) is 0. The lowest BCUT2D eigenvalue weighted by Gasteiger charge is -2.05. The fourth-order valence-corrected chi connectivity index (χ4v) is 3.68. The molecular weight excluding hydrogens is 484 g/mol. The van der Waals surface area contributed by atoms with Crippen molar-refractivity contribution in [1.82, 2.24) is 0 Å². The molecule has 37 heavy (non-hydrogen) atoms. The highest BCUT2D eigenvalue weighted by Crippen LogP contribution is 2.12. The molecule has 0 amide bonds. The van der Waals surface area contributed by atoms with Crippen molar-refractivity contribution in [3.8, 4) is 0 Å². The molecular formula is C27H44O10. The molecule has 0 heterocycles. The number of unbranched alkanes of at least 4 members (excludes halogenated alkanes) is 12. The molecule has 0 spiro atoms. The predicted octanol–water partition coefficient (Wildman–Crippen LogP) is 5.49. The third-order valence-electron chi connectivity index (χ3n) is 5.76. The summed E-state index contributed by atoms with van der Waals surface area (Å²) in [4.78, 5) is 67.6. The van der Waals surface area contributed by atoms with Crippen LogP contribution >= 0.6 is 0 Å². The van der Waals surface area contributed by atoms with Gasteiger partial charge >= 0.3 is 35.8 Å². The van der Waals surface area contributed by atoms with Gasteiger partial charge in [0, 0.05) is 38.5 Å². The van der Waals surface area contributed by atoms with Gasteiger partial charge in [-0.1, -0.05) is 57.8 Å². The molecule has 0 saturated heterocycles. The van der Waals surface area contributed by atoms with Gasteiger partial charge in [0.05, 0.1) is 0 Å². The molecule has 0 aliphatic rings. The van der Waals surface area contributed by atoms with E-state index in [-0.39, 0.29) is 38.5 Å².